The molecule has 0 spiro atoms. The van der Waals surface area contributed by atoms with Gasteiger partial charge in [0.2, 0.25) is 11.8 Å². The minimum Gasteiger partial charge on any atom is -0.384 e. The van der Waals surface area contributed by atoms with Gasteiger partial charge in [-0.15, -0.1) is 0 Å². The van der Waals surface area contributed by atoms with E-state index in [1.165, 1.54) is 0 Å². The van der Waals surface area contributed by atoms with Crippen LogP contribution in [0.2, 0.25) is 5.02 Å². The Bertz CT molecular complexity index is 792. The molecule has 2 N–H and O–H groups in total. The Labute approximate surface area is 191 Å². The number of amides is 2. The molecular weight excluding hydrogens is 412 g/mol. The number of hydrogen-bond donors (Lipinski definition) is 2. The second-order valence-corrected chi connectivity index (χ2v) is 10.9. The predicted molar refractivity (Wildman–Crippen MR) is 124 cm³/mol. The summed E-state index contributed by atoms with van der Waals surface area (Å²) < 4.78 is 0. The van der Waals surface area contributed by atoms with Crippen molar-refractivity contribution in [2.75, 3.05) is 13.1 Å². The Kier molecular flexibility index (Phi) is 7.37. The number of halogens is 1. The average molecular weight is 449 g/mol. The average Bonchev–Trinajstić information content (AvgIpc) is 2.69. The molecule has 1 aliphatic heterocycles. The van der Waals surface area contributed by atoms with Crippen LogP contribution in [0, 0.1) is 17.3 Å². The third kappa shape index (κ3) is 5.25. The van der Waals surface area contributed by atoms with Gasteiger partial charge in [0.15, 0.2) is 0 Å². The van der Waals surface area contributed by atoms with Crippen LogP contribution in [0.4, 0.5) is 0 Å². The van der Waals surface area contributed by atoms with Gasteiger partial charge < -0.3 is 15.3 Å². The van der Waals surface area contributed by atoms with Crippen LogP contribution >= 0.6 is 11.6 Å². The summed E-state index contributed by atoms with van der Waals surface area (Å²) in [5, 5.41) is 15.4. The molecular formula is C25H37ClN2O3. The summed E-state index contributed by atoms with van der Waals surface area (Å²) in [5.74, 6) is 0.269. The second-order valence-electron chi connectivity index (χ2n) is 10.4. The summed E-state index contributed by atoms with van der Waals surface area (Å²) in [6.45, 7) is 9.08. The summed E-state index contributed by atoms with van der Waals surface area (Å²) in [4.78, 5) is 27.8. The van der Waals surface area contributed by atoms with Gasteiger partial charge in [0, 0.05) is 36.0 Å². The van der Waals surface area contributed by atoms with E-state index in [1.54, 1.807) is 12.1 Å². The lowest BCUT2D eigenvalue weighted by atomic mass is 9.66. The summed E-state index contributed by atoms with van der Waals surface area (Å²) >= 11 is 6.03. The summed E-state index contributed by atoms with van der Waals surface area (Å²) in [6.07, 6.45) is 4.68. The minimum atomic E-state index is -1.02. The molecule has 0 aromatic heterocycles. The topological polar surface area (TPSA) is 69.6 Å². The van der Waals surface area contributed by atoms with Crippen molar-refractivity contribution in [3.63, 3.8) is 0 Å². The molecule has 6 heteroatoms. The van der Waals surface area contributed by atoms with E-state index in [1.807, 2.05) is 44.7 Å². The minimum absolute atomic E-state index is 0.0378. The van der Waals surface area contributed by atoms with Gasteiger partial charge in [-0.2, -0.15) is 0 Å². The van der Waals surface area contributed by atoms with Gasteiger partial charge in [-0.05, 0) is 42.9 Å². The van der Waals surface area contributed by atoms with Gasteiger partial charge in [0.05, 0.1) is 11.5 Å². The Morgan fingerprint density at radius 2 is 1.84 bits per heavy atom. The van der Waals surface area contributed by atoms with E-state index in [9.17, 15) is 14.7 Å². The van der Waals surface area contributed by atoms with Crippen LogP contribution in [0.5, 0.6) is 0 Å². The fraction of sp³-hybridized carbons (Fsp3) is 0.680. The van der Waals surface area contributed by atoms with Crippen LogP contribution in [0.25, 0.3) is 0 Å². The van der Waals surface area contributed by atoms with Crippen molar-refractivity contribution < 1.29 is 14.7 Å². The first-order valence-electron chi connectivity index (χ1n) is 11.6. The van der Waals surface area contributed by atoms with E-state index in [-0.39, 0.29) is 23.8 Å². The number of hydrogen-bond acceptors (Lipinski definition) is 3. The monoisotopic (exact) mass is 448 g/mol. The van der Waals surface area contributed by atoms with Crippen LogP contribution in [0.1, 0.15) is 71.8 Å². The second kappa shape index (κ2) is 9.50. The zero-order chi connectivity index (χ0) is 22.8. The van der Waals surface area contributed by atoms with E-state index in [2.05, 4.69) is 5.32 Å². The Balaban J connectivity index is 1.72. The van der Waals surface area contributed by atoms with Crippen LogP contribution in [0.3, 0.4) is 0 Å². The van der Waals surface area contributed by atoms with Crippen molar-refractivity contribution in [3.8, 4) is 0 Å². The van der Waals surface area contributed by atoms with Gasteiger partial charge in [-0.3, -0.25) is 9.59 Å². The molecule has 1 saturated carbocycles. The standard InChI is InChI=1S/C25H37ClN2O3/c1-17(2)15-22(29)27-21-8-6-5-7-20(21)23(30)28-14-13-25(31,24(3,4)16-28)18-9-11-19(26)12-10-18/h9-12,17,20-21,31H,5-8,13-16H2,1-4H3,(H,27,29)/t20-,21+,25-/m0/s1. The Morgan fingerprint density at radius 3 is 2.45 bits per heavy atom. The molecule has 2 amide bonds. The van der Waals surface area contributed by atoms with Crippen LogP contribution in [-0.4, -0.2) is 41.0 Å². The SMILES string of the molecule is CC(C)CC(=O)N[C@@H]1CCCC[C@@H]1C(=O)N1CC[C@](O)(c2ccc(Cl)cc2)C(C)(C)C1. The van der Waals surface area contributed by atoms with E-state index in [4.69, 9.17) is 11.6 Å². The van der Waals surface area contributed by atoms with Crippen molar-refractivity contribution in [1.82, 2.24) is 10.2 Å². The van der Waals surface area contributed by atoms with Gasteiger partial charge in [-0.25, -0.2) is 0 Å². The number of aliphatic hydroxyl groups is 1. The summed E-state index contributed by atoms with van der Waals surface area (Å²) in [5.41, 5.74) is -0.698. The summed E-state index contributed by atoms with van der Waals surface area (Å²) in [6, 6.07) is 7.27. The maximum Gasteiger partial charge on any atom is 0.227 e. The molecule has 1 aliphatic carbocycles. The predicted octanol–water partition coefficient (Wildman–Crippen LogP) is 4.51. The molecule has 172 valence electrons. The maximum absolute atomic E-state index is 13.5. The number of carbonyl (C=O) groups excluding carboxylic acids is 2. The molecule has 1 saturated heterocycles. The van der Waals surface area contributed by atoms with Gasteiger partial charge in [0.25, 0.3) is 0 Å². The number of carbonyl (C=O) groups is 2. The molecule has 3 atom stereocenters. The van der Waals surface area contributed by atoms with Crippen LogP contribution in [0.15, 0.2) is 24.3 Å². The van der Waals surface area contributed by atoms with E-state index in [0.717, 1.165) is 31.2 Å². The lowest BCUT2D eigenvalue weighted by Gasteiger charge is -2.51. The number of piperidine rings is 1. The lowest BCUT2D eigenvalue weighted by Crippen LogP contribution is -2.59. The third-order valence-electron chi connectivity index (χ3n) is 7.11. The summed E-state index contributed by atoms with van der Waals surface area (Å²) in [7, 11) is 0. The molecule has 1 heterocycles. The number of nitrogens with zero attached hydrogens (tertiary/aromatic N) is 1. The number of likely N-dealkylation sites (tertiary alicyclic amines) is 1. The molecule has 2 fully saturated rings. The van der Waals surface area contributed by atoms with Crippen molar-refractivity contribution in [2.24, 2.45) is 17.3 Å². The van der Waals surface area contributed by atoms with Gasteiger partial charge >= 0.3 is 0 Å². The normalized spacial score (nSPS) is 28.4. The van der Waals surface area contributed by atoms with Crippen LogP contribution < -0.4 is 5.32 Å². The van der Waals surface area contributed by atoms with Crippen molar-refractivity contribution in [3.05, 3.63) is 34.9 Å². The van der Waals surface area contributed by atoms with E-state index >= 15 is 0 Å². The first-order valence-corrected chi connectivity index (χ1v) is 12.0. The smallest absolute Gasteiger partial charge is 0.227 e. The Morgan fingerprint density at radius 1 is 1.19 bits per heavy atom. The van der Waals surface area contributed by atoms with Gasteiger partial charge in [-0.1, -0.05) is 64.3 Å². The fourth-order valence-electron chi connectivity index (χ4n) is 5.24. The van der Waals surface area contributed by atoms with Crippen molar-refractivity contribution in [1.29, 1.82) is 0 Å². The number of nitrogens with one attached hydrogen (secondary N) is 1. The molecule has 1 aromatic carbocycles. The number of benzene rings is 1. The van der Waals surface area contributed by atoms with E-state index < -0.39 is 11.0 Å². The van der Waals surface area contributed by atoms with Gasteiger partial charge in [0.1, 0.15) is 0 Å². The molecule has 3 rings (SSSR count). The molecule has 1 aromatic rings. The maximum atomic E-state index is 13.5. The zero-order valence-electron chi connectivity index (χ0n) is 19.3. The lowest BCUT2D eigenvalue weighted by molar-refractivity contribution is -0.158. The molecule has 0 unspecified atom stereocenters. The van der Waals surface area contributed by atoms with Crippen molar-refractivity contribution >= 4 is 23.4 Å². The van der Waals surface area contributed by atoms with E-state index in [0.29, 0.717) is 36.9 Å². The highest BCUT2D eigenvalue weighted by Crippen LogP contribution is 2.46. The number of rotatable bonds is 5. The highest BCUT2D eigenvalue weighted by Gasteiger charge is 2.50. The zero-order valence-corrected chi connectivity index (χ0v) is 20.0. The molecule has 31 heavy (non-hydrogen) atoms. The van der Waals surface area contributed by atoms with Crippen LogP contribution in [-0.2, 0) is 15.2 Å². The Hall–Kier alpha value is -1.59. The third-order valence-corrected chi connectivity index (χ3v) is 7.36. The first-order chi connectivity index (χ1) is 14.5. The quantitative estimate of drug-likeness (QED) is 0.696. The van der Waals surface area contributed by atoms with Crippen molar-refractivity contribution in [2.45, 2.75) is 77.9 Å². The molecule has 0 bridgehead atoms. The molecule has 2 aliphatic rings. The highest BCUT2D eigenvalue weighted by atomic mass is 35.5. The largest absolute Gasteiger partial charge is 0.384 e. The molecule has 0 radical (unpaired) electrons. The highest BCUT2D eigenvalue weighted by molar-refractivity contribution is 6.30. The fourth-order valence-corrected chi connectivity index (χ4v) is 5.37. The first kappa shape index (κ1) is 24.1. The molecule has 5 nitrogen and oxygen atoms in total.